The second-order valence-corrected chi connectivity index (χ2v) is 15.4. The van der Waals surface area contributed by atoms with Gasteiger partial charge in [0.25, 0.3) is 0 Å². The van der Waals surface area contributed by atoms with E-state index in [0.29, 0.717) is 0 Å². The summed E-state index contributed by atoms with van der Waals surface area (Å²) in [4.78, 5) is 5.30. The summed E-state index contributed by atoms with van der Waals surface area (Å²) < 4.78 is 8.05. The van der Waals surface area contributed by atoms with Gasteiger partial charge in [0, 0.05) is 87.8 Å². The van der Waals surface area contributed by atoms with Crippen LogP contribution in [0.1, 0.15) is 0 Å². The summed E-state index contributed by atoms with van der Waals surface area (Å²) >= 11 is 5.71. The molecule has 0 atom stereocenters. The third kappa shape index (κ3) is 3.66. The van der Waals surface area contributed by atoms with Crippen molar-refractivity contribution in [3.05, 3.63) is 140 Å². The maximum absolute atomic E-state index is 5.30. The molecule has 0 radical (unpaired) electrons. The molecule has 0 saturated carbocycles. The van der Waals surface area contributed by atoms with E-state index in [9.17, 15) is 0 Å². The summed E-state index contributed by atoms with van der Waals surface area (Å²) in [7, 11) is 0. The molecule has 7 aromatic carbocycles. The first-order chi connectivity index (χ1) is 23.3. The fraction of sp³-hybridized carbons (Fsp3) is 0. The van der Waals surface area contributed by atoms with Crippen molar-refractivity contribution >= 4 is 116 Å². The second-order valence-electron chi connectivity index (χ2n) is 12.2. The Morgan fingerprint density at radius 2 is 0.851 bits per heavy atom. The van der Waals surface area contributed by atoms with Gasteiger partial charge in [-0.15, -0.1) is 34.0 Å². The molecule has 4 aromatic heterocycles. The van der Waals surface area contributed by atoms with Gasteiger partial charge in [0.15, 0.2) is 0 Å². The highest BCUT2D eigenvalue weighted by Crippen LogP contribution is 2.49. The molecule has 218 valence electrons. The molecular formula is C43H23NS3. The van der Waals surface area contributed by atoms with E-state index in [1.807, 2.05) is 34.0 Å². The van der Waals surface area contributed by atoms with Gasteiger partial charge in [-0.25, -0.2) is 4.98 Å². The fourth-order valence-corrected chi connectivity index (χ4v) is 11.4. The molecule has 0 saturated heterocycles. The monoisotopic (exact) mass is 649 g/mol. The van der Waals surface area contributed by atoms with E-state index in [0.717, 1.165) is 16.8 Å². The van der Waals surface area contributed by atoms with Gasteiger partial charge in [0.2, 0.25) is 0 Å². The highest BCUT2D eigenvalue weighted by Gasteiger charge is 2.20. The van der Waals surface area contributed by atoms with Crippen LogP contribution in [0.15, 0.2) is 140 Å². The number of hydrogen-bond acceptors (Lipinski definition) is 4. The molecule has 1 nitrogen and oxygen atoms in total. The van der Waals surface area contributed by atoms with Crippen LogP contribution in [0.5, 0.6) is 0 Å². The first-order valence-corrected chi connectivity index (χ1v) is 18.2. The predicted octanol–water partition coefficient (Wildman–Crippen LogP) is 13.8. The number of para-hydroxylation sites is 1. The van der Waals surface area contributed by atoms with Crippen molar-refractivity contribution in [2.45, 2.75) is 0 Å². The number of hydrogen-bond donors (Lipinski definition) is 0. The SMILES string of the molecule is c1ccc2c(c1)nc(-c1ccc(-c3c4sc5ccccc5c4cc4c3sc3ccccc34)cc1)c1ccc3c4ccccc4sc3c12. The zero-order valence-corrected chi connectivity index (χ0v) is 27.4. The summed E-state index contributed by atoms with van der Waals surface area (Å²) in [6, 6.07) is 51.3. The van der Waals surface area contributed by atoms with Crippen LogP contribution in [-0.4, -0.2) is 4.98 Å². The van der Waals surface area contributed by atoms with Crippen LogP contribution < -0.4 is 0 Å². The lowest BCUT2D eigenvalue weighted by atomic mass is 9.95. The largest absolute Gasteiger partial charge is 0.247 e. The number of pyridine rings is 1. The van der Waals surface area contributed by atoms with E-state index < -0.39 is 0 Å². The number of benzene rings is 7. The Balaban J connectivity index is 1.17. The molecule has 0 fully saturated rings. The van der Waals surface area contributed by atoms with Crippen LogP contribution in [0.2, 0.25) is 0 Å². The Morgan fingerprint density at radius 1 is 0.362 bits per heavy atom. The number of fused-ring (bicyclic) bond motifs is 13. The van der Waals surface area contributed by atoms with Crippen LogP contribution in [0.25, 0.3) is 105 Å². The van der Waals surface area contributed by atoms with E-state index in [1.165, 1.54) is 87.8 Å². The molecule has 0 bridgehead atoms. The maximum atomic E-state index is 5.30. The molecule has 0 N–H and O–H groups in total. The minimum atomic E-state index is 1.03. The first-order valence-electron chi connectivity index (χ1n) is 15.8. The Bertz CT molecular complexity index is 2980. The molecule has 11 rings (SSSR count). The van der Waals surface area contributed by atoms with Crippen molar-refractivity contribution in [1.82, 2.24) is 4.98 Å². The molecule has 11 aromatic rings. The van der Waals surface area contributed by atoms with Crippen molar-refractivity contribution in [3.8, 4) is 22.4 Å². The first kappa shape index (κ1) is 26.0. The van der Waals surface area contributed by atoms with E-state index >= 15 is 0 Å². The molecule has 0 aliphatic rings. The maximum Gasteiger partial charge on any atom is 0.0788 e. The second kappa shape index (κ2) is 9.69. The average molecular weight is 650 g/mol. The molecule has 0 aliphatic carbocycles. The molecule has 0 unspecified atom stereocenters. The van der Waals surface area contributed by atoms with Crippen molar-refractivity contribution in [3.63, 3.8) is 0 Å². The standard InChI is InChI=1S/C43H23NS3/c1-5-13-34-30(12-1)39-31(22-21-29-26-9-2-6-14-35(26)45-41(29)39)40(44-34)25-19-17-24(18-20-25)38-42-32(27-10-3-7-15-36(27)46-42)23-33-28-11-4-8-16-37(28)47-43(33)38/h1-23H. The Kier molecular flexibility index (Phi) is 5.36. The predicted molar refractivity (Wildman–Crippen MR) is 209 cm³/mol. The average Bonchev–Trinajstić information content (AvgIpc) is 3.81. The topological polar surface area (TPSA) is 12.9 Å². The van der Waals surface area contributed by atoms with Gasteiger partial charge < -0.3 is 0 Å². The lowest BCUT2D eigenvalue weighted by molar-refractivity contribution is 1.43. The smallest absolute Gasteiger partial charge is 0.0788 e. The quantitative estimate of drug-likeness (QED) is 0.170. The molecule has 0 aliphatic heterocycles. The van der Waals surface area contributed by atoms with Gasteiger partial charge in [0.05, 0.1) is 11.2 Å². The minimum Gasteiger partial charge on any atom is -0.247 e. The van der Waals surface area contributed by atoms with E-state index in [-0.39, 0.29) is 0 Å². The Labute approximate surface area is 281 Å². The summed E-state index contributed by atoms with van der Waals surface area (Å²) in [6.07, 6.45) is 0. The van der Waals surface area contributed by atoms with Gasteiger partial charge in [-0.1, -0.05) is 109 Å². The number of aromatic nitrogens is 1. The molecular weight excluding hydrogens is 627 g/mol. The lowest BCUT2D eigenvalue weighted by Crippen LogP contribution is -1.90. The van der Waals surface area contributed by atoms with Crippen LogP contribution in [-0.2, 0) is 0 Å². The Morgan fingerprint density at radius 3 is 1.49 bits per heavy atom. The molecule has 4 heterocycles. The van der Waals surface area contributed by atoms with E-state index in [2.05, 4.69) is 140 Å². The van der Waals surface area contributed by atoms with Crippen molar-refractivity contribution in [2.24, 2.45) is 0 Å². The normalized spacial score (nSPS) is 12.3. The van der Waals surface area contributed by atoms with E-state index in [4.69, 9.17) is 4.98 Å². The molecule has 47 heavy (non-hydrogen) atoms. The minimum absolute atomic E-state index is 1.03. The van der Waals surface area contributed by atoms with Crippen LogP contribution in [0, 0.1) is 0 Å². The highest BCUT2D eigenvalue weighted by molar-refractivity contribution is 7.29. The van der Waals surface area contributed by atoms with Crippen LogP contribution in [0.4, 0.5) is 0 Å². The zero-order chi connectivity index (χ0) is 30.6. The number of rotatable bonds is 2. The summed E-state index contributed by atoms with van der Waals surface area (Å²) in [5.74, 6) is 0. The number of thiophene rings is 3. The summed E-state index contributed by atoms with van der Waals surface area (Å²) in [5, 5.41) is 11.7. The van der Waals surface area contributed by atoms with Gasteiger partial charge in [-0.05, 0) is 35.9 Å². The number of nitrogens with zero attached hydrogens (tertiary/aromatic N) is 1. The summed E-state index contributed by atoms with van der Waals surface area (Å²) in [5.41, 5.74) is 5.80. The van der Waals surface area contributed by atoms with Crippen molar-refractivity contribution in [1.29, 1.82) is 0 Å². The molecule has 0 amide bonds. The fourth-order valence-electron chi connectivity index (χ4n) is 7.53. The third-order valence-electron chi connectivity index (χ3n) is 9.67. The zero-order valence-electron chi connectivity index (χ0n) is 25.0. The highest BCUT2D eigenvalue weighted by atomic mass is 32.1. The van der Waals surface area contributed by atoms with E-state index in [1.54, 1.807) is 0 Å². The van der Waals surface area contributed by atoms with Crippen LogP contribution >= 0.6 is 34.0 Å². The molecule has 0 spiro atoms. The van der Waals surface area contributed by atoms with Gasteiger partial charge in [0.1, 0.15) is 0 Å². The van der Waals surface area contributed by atoms with Crippen LogP contribution in [0.3, 0.4) is 0 Å². The van der Waals surface area contributed by atoms with Crippen molar-refractivity contribution < 1.29 is 0 Å². The summed E-state index contributed by atoms with van der Waals surface area (Å²) in [6.45, 7) is 0. The lowest BCUT2D eigenvalue weighted by Gasteiger charge is -2.12. The van der Waals surface area contributed by atoms with Gasteiger partial charge in [-0.2, -0.15) is 0 Å². The van der Waals surface area contributed by atoms with Gasteiger partial charge in [-0.3, -0.25) is 0 Å². The van der Waals surface area contributed by atoms with Gasteiger partial charge >= 0.3 is 0 Å². The van der Waals surface area contributed by atoms with Crippen molar-refractivity contribution in [2.75, 3.05) is 0 Å². The Hall–Kier alpha value is -5.13. The molecule has 4 heteroatoms. The third-order valence-corrected chi connectivity index (χ3v) is 13.3.